The van der Waals surface area contributed by atoms with Crippen LogP contribution >= 0.6 is 11.3 Å². The number of fused-ring (bicyclic) bond motifs is 2. The number of nitrogens with one attached hydrogen (secondary N) is 1. The summed E-state index contributed by atoms with van der Waals surface area (Å²) in [6.45, 7) is 2.47. The lowest BCUT2D eigenvalue weighted by molar-refractivity contribution is -0.605. The Labute approximate surface area is 190 Å². The Morgan fingerprint density at radius 2 is 2.03 bits per heavy atom. The second-order valence-electron chi connectivity index (χ2n) is 8.02. The quantitative estimate of drug-likeness (QED) is 0.455. The molecule has 2 aliphatic rings. The average molecular weight is 480 g/mol. The Hall–Kier alpha value is -3.12. The van der Waals surface area contributed by atoms with E-state index in [1.807, 2.05) is 4.90 Å². The highest BCUT2D eigenvalue weighted by Crippen LogP contribution is 2.44. The summed E-state index contributed by atoms with van der Waals surface area (Å²) in [5.41, 5.74) is 1.10. The maximum absolute atomic E-state index is 14.6. The molecule has 12 heteroatoms. The van der Waals surface area contributed by atoms with Crippen molar-refractivity contribution < 1.29 is 32.2 Å². The summed E-state index contributed by atoms with van der Waals surface area (Å²) in [4.78, 5) is 19.0. The Kier molecular flexibility index (Phi) is 5.28. The van der Waals surface area contributed by atoms with Gasteiger partial charge >= 0.3 is 6.29 Å². The first kappa shape index (κ1) is 21.7. The zero-order valence-corrected chi connectivity index (χ0v) is 18.2. The molecule has 4 heterocycles. The monoisotopic (exact) mass is 480 g/mol. The summed E-state index contributed by atoms with van der Waals surface area (Å²) in [7, 11) is 0. The van der Waals surface area contributed by atoms with Crippen LogP contribution in [-0.2, 0) is 4.79 Å². The smallest absolute Gasteiger partial charge is 0.586 e. The fourth-order valence-electron chi connectivity index (χ4n) is 4.09. The van der Waals surface area contributed by atoms with Gasteiger partial charge in [-0.25, -0.2) is 9.37 Å². The van der Waals surface area contributed by atoms with Gasteiger partial charge in [0.05, 0.1) is 16.3 Å². The minimum absolute atomic E-state index is 0.0917. The van der Waals surface area contributed by atoms with Gasteiger partial charge in [-0.2, -0.15) is 4.73 Å². The molecule has 3 atom stereocenters. The number of alkyl halides is 3. The number of rotatable bonds is 4. The van der Waals surface area contributed by atoms with Crippen molar-refractivity contribution in [3.63, 3.8) is 0 Å². The maximum Gasteiger partial charge on any atom is 0.586 e. The van der Waals surface area contributed by atoms with Gasteiger partial charge in [-0.05, 0) is 18.9 Å². The molecule has 1 saturated heterocycles. The third-order valence-electron chi connectivity index (χ3n) is 5.88. The van der Waals surface area contributed by atoms with Crippen LogP contribution in [0.25, 0.3) is 10.2 Å². The van der Waals surface area contributed by atoms with Crippen LogP contribution in [-0.4, -0.2) is 47.4 Å². The van der Waals surface area contributed by atoms with Gasteiger partial charge in [-0.1, -0.05) is 11.3 Å². The van der Waals surface area contributed by atoms with E-state index >= 15 is 0 Å². The largest absolute Gasteiger partial charge is 0.619 e. The Morgan fingerprint density at radius 3 is 2.76 bits per heavy atom. The predicted molar refractivity (Wildman–Crippen MR) is 113 cm³/mol. The van der Waals surface area contributed by atoms with Crippen molar-refractivity contribution in [2.24, 2.45) is 0 Å². The van der Waals surface area contributed by atoms with Crippen LogP contribution in [0.3, 0.4) is 0 Å². The number of hydrogen-bond acceptors (Lipinski definition) is 7. The van der Waals surface area contributed by atoms with E-state index in [9.17, 15) is 23.2 Å². The lowest BCUT2D eigenvalue weighted by Gasteiger charge is -2.37. The van der Waals surface area contributed by atoms with Crippen molar-refractivity contribution in [2.45, 2.75) is 37.8 Å². The van der Waals surface area contributed by atoms with Crippen molar-refractivity contribution in [2.75, 3.05) is 18.4 Å². The summed E-state index contributed by atoms with van der Waals surface area (Å²) < 4.78 is 51.1. The number of pyridine rings is 1. The van der Waals surface area contributed by atoms with Crippen molar-refractivity contribution in [3.8, 4) is 11.5 Å². The van der Waals surface area contributed by atoms with Gasteiger partial charge in [-0.3, -0.25) is 9.69 Å². The molecule has 0 spiro atoms. The van der Waals surface area contributed by atoms with Gasteiger partial charge in [-0.15, -0.1) is 8.78 Å². The summed E-state index contributed by atoms with van der Waals surface area (Å²) >= 11 is 1.12. The van der Waals surface area contributed by atoms with E-state index in [4.69, 9.17) is 0 Å². The molecule has 0 saturated carbocycles. The number of thiazole rings is 1. The standard InChI is InChI=1S/C21H19F3N4O4S/c1-11(27-5-4-14(22)13(10-27)12-2-6-28(30)7-3-12)19(29)26-20-25-15-8-16-17(9-18(15)33-20)32-21(23,24)31-16/h2-3,6-9,11,13-14H,4-5,10H2,1H3,(H,25,26,29)/t11-,13+,14-/m0/s1. The van der Waals surface area contributed by atoms with Crippen LogP contribution in [0.2, 0.25) is 0 Å². The third-order valence-corrected chi connectivity index (χ3v) is 6.82. The number of piperidine rings is 1. The summed E-state index contributed by atoms with van der Waals surface area (Å²) in [6.07, 6.45) is -1.85. The SMILES string of the molecule is C[C@@H](C(=O)Nc1nc2cc3c(cc2s1)OC(F)(F)O3)N1CC[C@H](F)[C@@H](c2cc[n+]([O-])cc2)C1. The van der Waals surface area contributed by atoms with Crippen LogP contribution in [0.4, 0.5) is 18.3 Å². The average Bonchev–Trinajstić information content (AvgIpc) is 3.28. The first-order chi connectivity index (χ1) is 15.7. The Bertz CT molecular complexity index is 1160. The molecule has 3 aromatic rings. The fourth-order valence-corrected chi connectivity index (χ4v) is 4.97. The van der Waals surface area contributed by atoms with E-state index < -0.39 is 24.4 Å². The van der Waals surface area contributed by atoms with Gasteiger partial charge in [0.2, 0.25) is 5.91 Å². The molecule has 0 unspecified atom stereocenters. The molecule has 1 amide bonds. The van der Waals surface area contributed by atoms with Crippen LogP contribution in [0.5, 0.6) is 11.5 Å². The van der Waals surface area contributed by atoms with Gasteiger partial charge in [0.25, 0.3) is 0 Å². The highest BCUT2D eigenvalue weighted by Gasteiger charge is 2.43. The molecule has 33 heavy (non-hydrogen) atoms. The number of halogens is 3. The predicted octanol–water partition coefficient (Wildman–Crippen LogP) is 3.41. The lowest BCUT2D eigenvalue weighted by Crippen LogP contribution is -2.49. The van der Waals surface area contributed by atoms with Crippen molar-refractivity contribution in [1.29, 1.82) is 0 Å². The van der Waals surface area contributed by atoms with E-state index in [0.717, 1.165) is 11.3 Å². The van der Waals surface area contributed by atoms with E-state index in [1.54, 1.807) is 19.1 Å². The Morgan fingerprint density at radius 1 is 1.33 bits per heavy atom. The normalized spacial score (nSPS) is 22.9. The molecule has 1 aromatic carbocycles. The van der Waals surface area contributed by atoms with E-state index in [2.05, 4.69) is 19.8 Å². The molecule has 174 valence electrons. The van der Waals surface area contributed by atoms with E-state index in [-0.39, 0.29) is 23.8 Å². The van der Waals surface area contributed by atoms with Gasteiger partial charge < -0.3 is 20.0 Å². The summed E-state index contributed by atoms with van der Waals surface area (Å²) in [5, 5.41) is 14.3. The maximum atomic E-state index is 14.6. The van der Waals surface area contributed by atoms with Crippen molar-refractivity contribution in [1.82, 2.24) is 9.88 Å². The number of nitrogens with zero attached hydrogens (tertiary/aromatic N) is 3. The topological polar surface area (TPSA) is 90.6 Å². The number of hydrogen-bond donors (Lipinski definition) is 1. The zero-order chi connectivity index (χ0) is 23.3. The van der Waals surface area contributed by atoms with Crippen LogP contribution in [0.1, 0.15) is 24.8 Å². The Balaban J connectivity index is 1.28. The molecule has 2 aromatic heterocycles. The van der Waals surface area contributed by atoms with E-state index in [1.165, 1.54) is 24.5 Å². The molecule has 0 bridgehead atoms. The van der Waals surface area contributed by atoms with Crippen LogP contribution in [0.15, 0.2) is 36.7 Å². The van der Waals surface area contributed by atoms with Crippen LogP contribution in [0, 0.1) is 5.21 Å². The molecular formula is C21H19F3N4O4S. The van der Waals surface area contributed by atoms with Gasteiger partial charge in [0.1, 0.15) is 6.17 Å². The number of ether oxygens (including phenoxy) is 2. The van der Waals surface area contributed by atoms with Crippen molar-refractivity contribution >= 4 is 32.6 Å². The van der Waals surface area contributed by atoms with Gasteiger partial charge in [0, 0.05) is 43.3 Å². The lowest BCUT2D eigenvalue weighted by atomic mass is 9.89. The zero-order valence-electron chi connectivity index (χ0n) is 17.3. The molecular weight excluding hydrogens is 461 g/mol. The number of benzene rings is 1. The molecule has 0 radical (unpaired) electrons. The fraction of sp³-hybridized carbons (Fsp3) is 0.381. The van der Waals surface area contributed by atoms with Crippen LogP contribution < -0.4 is 19.5 Å². The number of aromatic nitrogens is 2. The second kappa shape index (κ2) is 8.03. The first-order valence-electron chi connectivity index (χ1n) is 10.3. The molecule has 0 aliphatic carbocycles. The number of carbonyl (C=O) groups is 1. The second-order valence-corrected chi connectivity index (χ2v) is 9.05. The minimum atomic E-state index is -3.71. The third kappa shape index (κ3) is 4.27. The number of carbonyl (C=O) groups excluding carboxylic acids is 1. The highest BCUT2D eigenvalue weighted by molar-refractivity contribution is 7.22. The van der Waals surface area contributed by atoms with Gasteiger partial charge in [0.15, 0.2) is 29.0 Å². The first-order valence-corrected chi connectivity index (χ1v) is 11.1. The highest BCUT2D eigenvalue weighted by atomic mass is 32.1. The summed E-state index contributed by atoms with van der Waals surface area (Å²) in [6, 6.07) is 5.37. The van der Waals surface area contributed by atoms with Crippen molar-refractivity contribution in [3.05, 3.63) is 47.4 Å². The van der Waals surface area contributed by atoms with E-state index in [0.29, 0.717) is 38.7 Å². The number of anilines is 1. The summed E-state index contributed by atoms with van der Waals surface area (Å²) in [5.74, 6) is -0.973. The molecule has 1 fully saturated rings. The number of amides is 1. The number of likely N-dealkylation sites (tertiary alicyclic amines) is 1. The minimum Gasteiger partial charge on any atom is -0.619 e. The molecule has 5 rings (SSSR count). The molecule has 8 nitrogen and oxygen atoms in total. The molecule has 2 aliphatic heterocycles. The molecule has 1 N–H and O–H groups in total.